The highest BCUT2D eigenvalue weighted by Crippen LogP contribution is 2.20. The molecule has 1 aliphatic heterocycles. The van der Waals surface area contributed by atoms with Crippen LogP contribution in [0.3, 0.4) is 0 Å². The molecule has 3 rings (SSSR count). The van der Waals surface area contributed by atoms with Gasteiger partial charge in [-0.05, 0) is 56.2 Å². The van der Waals surface area contributed by atoms with Gasteiger partial charge in [-0.1, -0.05) is 17.7 Å². The zero-order chi connectivity index (χ0) is 20.1. The first-order chi connectivity index (χ1) is 13.5. The molecule has 0 aliphatic carbocycles. The van der Waals surface area contributed by atoms with Crippen LogP contribution in [0, 0.1) is 12.8 Å². The van der Waals surface area contributed by atoms with Gasteiger partial charge in [0, 0.05) is 37.0 Å². The molecule has 146 valence electrons. The fourth-order valence-electron chi connectivity index (χ4n) is 3.37. The lowest BCUT2D eigenvalue weighted by Gasteiger charge is -2.31. The van der Waals surface area contributed by atoms with E-state index in [1.165, 1.54) is 0 Å². The first kappa shape index (κ1) is 19.6. The van der Waals surface area contributed by atoms with Crippen LogP contribution >= 0.6 is 0 Å². The summed E-state index contributed by atoms with van der Waals surface area (Å²) >= 11 is 0. The first-order valence-corrected chi connectivity index (χ1v) is 9.47. The summed E-state index contributed by atoms with van der Waals surface area (Å²) in [5.41, 5.74) is 2.85. The molecular weight excluding hydrogens is 354 g/mol. The lowest BCUT2D eigenvalue weighted by atomic mass is 9.96. The van der Waals surface area contributed by atoms with Gasteiger partial charge in [0.1, 0.15) is 0 Å². The van der Waals surface area contributed by atoms with Crippen LogP contribution in [-0.2, 0) is 4.79 Å². The Labute approximate surface area is 164 Å². The van der Waals surface area contributed by atoms with Gasteiger partial charge in [-0.3, -0.25) is 14.4 Å². The van der Waals surface area contributed by atoms with Gasteiger partial charge >= 0.3 is 0 Å². The Morgan fingerprint density at radius 3 is 2.25 bits per heavy atom. The van der Waals surface area contributed by atoms with E-state index in [4.69, 9.17) is 0 Å². The molecule has 2 N–H and O–H groups in total. The van der Waals surface area contributed by atoms with Crippen LogP contribution in [-0.4, -0.2) is 42.8 Å². The molecule has 0 aromatic heterocycles. The largest absolute Gasteiger partial charge is 0.359 e. The lowest BCUT2D eigenvalue weighted by Crippen LogP contribution is -2.44. The van der Waals surface area contributed by atoms with Crippen LogP contribution < -0.4 is 10.6 Å². The van der Waals surface area contributed by atoms with Crippen LogP contribution in [0.15, 0.2) is 48.5 Å². The van der Waals surface area contributed by atoms with Crippen molar-refractivity contribution in [2.75, 3.05) is 25.5 Å². The SMILES string of the molecule is CNC(=O)[C@H]1CCCN(C(=O)c2ccc(NC(=O)c3ccc(C)cc3)cc2)C1. The van der Waals surface area contributed by atoms with E-state index in [0.717, 1.165) is 18.4 Å². The number of nitrogens with zero attached hydrogens (tertiary/aromatic N) is 1. The summed E-state index contributed by atoms with van der Waals surface area (Å²) in [7, 11) is 1.62. The minimum absolute atomic E-state index is 0.0216. The molecule has 28 heavy (non-hydrogen) atoms. The number of benzene rings is 2. The molecule has 1 aliphatic rings. The number of rotatable bonds is 4. The summed E-state index contributed by atoms with van der Waals surface area (Å²) < 4.78 is 0. The highest BCUT2D eigenvalue weighted by molar-refractivity contribution is 6.04. The number of nitrogens with one attached hydrogen (secondary N) is 2. The second-order valence-corrected chi connectivity index (χ2v) is 7.10. The van der Waals surface area contributed by atoms with E-state index in [1.807, 2.05) is 19.1 Å². The maximum absolute atomic E-state index is 12.7. The van der Waals surface area contributed by atoms with Crippen molar-refractivity contribution in [2.45, 2.75) is 19.8 Å². The van der Waals surface area contributed by atoms with E-state index in [-0.39, 0.29) is 23.6 Å². The number of amides is 3. The Morgan fingerprint density at radius 1 is 0.964 bits per heavy atom. The fraction of sp³-hybridized carbons (Fsp3) is 0.318. The van der Waals surface area contributed by atoms with Gasteiger partial charge in [0.15, 0.2) is 0 Å². The van der Waals surface area contributed by atoms with E-state index in [1.54, 1.807) is 48.3 Å². The number of aryl methyl sites for hydroxylation is 1. The number of likely N-dealkylation sites (tertiary alicyclic amines) is 1. The first-order valence-electron chi connectivity index (χ1n) is 9.47. The number of hydrogen-bond acceptors (Lipinski definition) is 3. The van der Waals surface area contributed by atoms with Crippen molar-refractivity contribution in [1.82, 2.24) is 10.2 Å². The number of piperidine rings is 1. The second-order valence-electron chi connectivity index (χ2n) is 7.10. The Bertz CT molecular complexity index is 860. The average Bonchev–Trinajstić information content (AvgIpc) is 2.73. The molecule has 3 amide bonds. The van der Waals surface area contributed by atoms with E-state index in [0.29, 0.717) is 29.9 Å². The van der Waals surface area contributed by atoms with Gasteiger partial charge in [-0.25, -0.2) is 0 Å². The Hall–Kier alpha value is -3.15. The Morgan fingerprint density at radius 2 is 1.61 bits per heavy atom. The maximum atomic E-state index is 12.7. The maximum Gasteiger partial charge on any atom is 0.255 e. The molecule has 2 aromatic rings. The van der Waals surface area contributed by atoms with Crippen molar-refractivity contribution in [1.29, 1.82) is 0 Å². The molecule has 0 unspecified atom stereocenters. The number of anilines is 1. The average molecular weight is 379 g/mol. The monoisotopic (exact) mass is 379 g/mol. The molecule has 1 saturated heterocycles. The zero-order valence-corrected chi connectivity index (χ0v) is 16.2. The van der Waals surface area contributed by atoms with Crippen LogP contribution in [0.25, 0.3) is 0 Å². The third kappa shape index (κ3) is 4.57. The van der Waals surface area contributed by atoms with E-state index in [9.17, 15) is 14.4 Å². The van der Waals surface area contributed by atoms with E-state index in [2.05, 4.69) is 10.6 Å². The van der Waals surface area contributed by atoms with Crippen molar-refractivity contribution in [2.24, 2.45) is 5.92 Å². The normalized spacial score (nSPS) is 16.4. The molecule has 0 spiro atoms. The van der Waals surface area contributed by atoms with Crippen molar-refractivity contribution >= 4 is 23.4 Å². The van der Waals surface area contributed by atoms with Crippen LogP contribution in [0.1, 0.15) is 39.1 Å². The fourth-order valence-corrected chi connectivity index (χ4v) is 3.37. The van der Waals surface area contributed by atoms with Crippen molar-refractivity contribution in [3.05, 3.63) is 65.2 Å². The third-order valence-electron chi connectivity index (χ3n) is 5.03. The summed E-state index contributed by atoms with van der Waals surface area (Å²) in [4.78, 5) is 38.6. The van der Waals surface area contributed by atoms with Gasteiger partial charge in [0.2, 0.25) is 5.91 Å². The quantitative estimate of drug-likeness (QED) is 0.857. The lowest BCUT2D eigenvalue weighted by molar-refractivity contribution is -0.125. The summed E-state index contributed by atoms with van der Waals surface area (Å²) in [6.07, 6.45) is 1.61. The topological polar surface area (TPSA) is 78.5 Å². The van der Waals surface area contributed by atoms with E-state index < -0.39 is 0 Å². The predicted octanol–water partition coefficient (Wildman–Crippen LogP) is 2.85. The highest BCUT2D eigenvalue weighted by Gasteiger charge is 2.28. The molecule has 1 atom stereocenters. The molecule has 0 saturated carbocycles. The molecular formula is C22H25N3O3. The molecule has 6 heteroatoms. The molecule has 1 heterocycles. The summed E-state index contributed by atoms with van der Waals surface area (Å²) in [6.45, 7) is 3.05. The van der Waals surface area contributed by atoms with Crippen molar-refractivity contribution in [3.8, 4) is 0 Å². The van der Waals surface area contributed by atoms with E-state index >= 15 is 0 Å². The van der Waals surface area contributed by atoms with Gasteiger partial charge < -0.3 is 15.5 Å². The number of carbonyl (C=O) groups excluding carboxylic acids is 3. The van der Waals surface area contributed by atoms with Crippen LogP contribution in [0.5, 0.6) is 0 Å². The smallest absolute Gasteiger partial charge is 0.255 e. The highest BCUT2D eigenvalue weighted by atomic mass is 16.2. The number of carbonyl (C=O) groups is 3. The molecule has 6 nitrogen and oxygen atoms in total. The van der Waals surface area contributed by atoms with Gasteiger partial charge in [0.25, 0.3) is 11.8 Å². The molecule has 1 fully saturated rings. The minimum Gasteiger partial charge on any atom is -0.359 e. The third-order valence-corrected chi connectivity index (χ3v) is 5.03. The Balaban J connectivity index is 1.63. The van der Waals surface area contributed by atoms with Crippen LogP contribution in [0.4, 0.5) is 5.69 Å². The molecule has 0 bridgehead atoms. The molecule has 0 radical (unpaired) electrons. The standard InChI is InChI=1S/C22H25N3O3/c1-15-5-7-16(8-6-15)21(27)24-19-11-9-17(10-12-19)22(28)25-13-3-4-18(14-25)20(26)23-2/h5-12,18H,3-4,13-14H2,1-2H3,(H,23,26)(H,24,27)/t18-/m0/s1. The van der Waals surface area contributed by atoms with Gasteiger partial charge in [0.05, 0.1) is 5.92 Å². The predicted molar refractivity (Wildman–Crippen MR) is 108 cm³/mol. The van der Waals surface area contributed by atoms with Gasteiger partial charge in [-0.2, -0.15) is 0 Å². The Kier molecular flexibility index (Phi) is 6.09. The zero-order valence-electron chi connectivity index (χ0n) is 16.2. The second kappa shape index (κ2) is 8.69. The van der Waals surface area contributed by atoms with Crippen molar-refractivity contribution in [3.63, 3.8) is 0 Å². The number of hydrogen-bond donors (Lipinski definition) is 2. The van der Waals surface area contributed by atoms with Gasteiger partial charge in [-0.15, -0.1) is 0 Å². The van der Waals surface area contributed by atoms with Crippen molar-refractivity contribution < 1.29 is 14.4 Å². The summed E-state index contributed by atoms with van der Waals surface area (Å²) in [5, 5.41) is 5.50. The summed E-state index contributed by atoms with van der Waals surface area (Å²) in [6, 6.07) is 14.2. The summed E-state index contributed by atoms with van der Waals surface area (Å²) in [5.74, 6) is -0.462. The minimum atomic E-state index is -0.191. The van der Waals surface area contributed by atoms with Crippen LogP contribution in [0.2, 0.25) is 0 Å². The molecule has 2 aromatic carbocycles.